The van der Waals surface area contributed by atoms with Gasteiger partial charge < -0.3 is 0 Å². The van der Waals surface area contributed by atoms with Crippen LogP contribution < -0.4 is 0 Å². The molecule has 1 aromatic carbocycles. The molecular weight excluding hydrogens is 484 g/mol. The minimum atomic E-state index is -0.227. The van der Waals surface area contributed by atoms with Crippen LogP contribution in [0, 0.1) is 22.4 Å². The minimum Gasteiger partial charge on any atom is -0.287 e. The summed E-state index contributed by atoms with van der Waals surface area (Å²) >= 11 is 4.25. The van der Waals surface area contributed by atoms with Crippen LogP contribution in [-0.2, 0) is 0 Å². The van der Waals surface area contributed by atoms with E-state index in [0.717, 1.165) is 7.14 Å². The Kier molecular flexibility index (Phi) is 6.62. The van der Waals surface area contributed by atoms with Gasteiger partial charge in [0.2, 0.25) is 0 Å². The van der Waals surface area contributed by atoms with Crippen molar-refractivity contribution in [3.05, 3.63) is 34.7 Å². The van der Waals surface area contributed by atoms with Crippen molar-refractivity contribution >= 4 is 57.1 Å². The molecule has 0 aromatic heterocycles. The molecule has 0 amide bonds. The van der Waals surface area contributed by atoms with E-state index in [9.17, 15) is 9.81 Å². The molecule has 1 atom stereocenters. The smallest absolute Gasteiger partial charge is 0.130 e. The Labute approximate surface area is 145 Å². The highest BCUT2D eigenvalue weighted by atomic mass is 127. The molecule has 1 rings (SSSR count). The Hall–Kier alpha value is -0.450. The molecule has 0 saturated heterocycles. The van der Waals surface area contributed by atoms with E-state index in [1.807, 2.05) is 32.9 Å². The van der Waals surface area contributed by atoms with Crippen LogP contribution in [0.15, 0.2) is 27.5 Å². The fourth-order valence-corrected chi connectivity index (χ4v) is 3.55. The standard InChI is InChI=1S/C13H15I2N3O2/c1-13(2,3)11(7-17-19)16-6-8-4-9(14)5-10(15)12(8)18-20/h4-6,11H,7H2,1-3H3/t11-/m1/s1. The summed E-state index contributed by atoms with van der Waals surface area (Å²) in [6, 6.07) is 3.50. The summed E-state index contributed by atoms with van der Waals surface area (Å²) in [5.74, 6) is 0. The normalized spacial score (nSPS) is 13.4. The zero-order chi connectivity index (χ0) is 15.3. The predicted molar refractivity (Wildman–Crippen MR) is 98.8 cm³/mol. The number of hydrogen-bond donors (Lipinski definition) is 0. The monoisotopic (exact) mass is 499 g/mol. The molecule has 5 nitrogen and oxygen atoms in total. The Morgan fingerprint density at radius 3 is 2.40 bits per heavy atom. The number of nitrogens with zero attached hydrogens (tertiary/aromatic N) is 3. The summed E-state index contributed by atoms with van der Waals surface area (Å²) in [5.41, 5.74) is 0.867. The van der Waals surface area contributed by atoms with Crippen molar-refractivity contribution in [3.63, 3.8) is 0 Å². The lowest BCUT2D eigenvalue weighted by Gasteiger charge is -2.24. The Morgan fingerprint density at radius 2 is 1.90 bits per heavy atom. The summed E-state index contributed by atoms with van der Waals surface area (Å²) in [5, 5.41) is 6.00. The molecule has 0 radical (unpaired) electrons. The second kappa shape index (κ2) is 7.53. The van der Waals surface area contributed by atoms with Crippen molar-refractivity contribution in [1.82, 2.24) is 0 Å². The van der Waals surface area contributed by atoms with Crippen molar-refractivity contribution < 1.29 is 0 Å². The van der Waals surface area contributed by atoms with Gasteiger partial charge in [0.25, 0.3) is 0 Å². The van der Waals surface area contributed by atoms with Gasteiger partial charge in [0, 0.05) is 18.9 Å². The van der Waals surface area contributed by atoms with Crippen LogP contribution in [0.5, 0.6) is 0 Å². The molecular formula is C13H15I2N3O2. The second-order valence-corrected chi connectivity index (χ2v) is 7.80. The maximum Gasteiger partial charge on any atom is 0.130 e. The molecule has 0 aliphatic carbocycles. The van der Waals surface area contributed by atoms with Crippen molar-refractivity contribution in [2.75, 3.05) is 6.54 Å². The maximum absolute atomic E-state index is 10.9. The van der Waals surface area contributed by atoms with Gasteiger partial charge in [-0.25, -0.2) is 0 Å². The first-order valence-electron chi connectivity index (χ1n) is 5.94. The lowest BCUT2D eigenvalue weighted by molar-refractivity contribution is 0.329. The van der Waals surface area contributed by atoms with Gasteiger partial charge in [-0.2, -0.15) is 4.91 Å². The van der Waals surface area contributed by atoms with Crippen molar-refractivity contribution in [2.24, 2.45) is 20.8 Å². The van der Waals surface area contributed by atoms with Crippen LogP contribution in [0.4, 0.5) is 5.69 Å². The molecule has 0 bridgehead atoms. The lowest BCUT2D eigenvalue weighted by atomic mass is 9.87. The summed E-state index contributed by atoms with van der Waals surface area (Å²) in [7, 11) is 0. The fourth-order valence-electron chi connectivity index (χ4n) is 1.57. The first-order chi connectivity index (χ1) is 9.29. The summed E-state index contributed by atoms with van der Waals surface area (Å²) in [4.78, 5) is 25.9. The van der Waals surface area contributed by atoms with Crippen LogP contribution in [-0.4, -0.2) is 18.8 Å². The second-order valence-electron chi connectivity index (χ2n) is 5.39. The zero-order valence-corrected chi connectivity index (χ0v) is 15.7. The van der Waals surface area contributed by atoms with Crippen LogP contribution in [0.2, 0.25) is 0 Å². The number of nitroso groups, excluding NO2 is 2. The van der Waals surface area contributed by atoms with Crippen LogP contribution in [0.3, 0.4) is 0 Å². The Bertz CT molecular complexity index is 539. The summed E-state index contributed by atoms with van der Waals surface area (Å²) < 4.78 is 1.79. The van der Waals surface area contributed by atoms with Gasteiger partial charge >= 0.3 is 0 Å². The van der Waals surface area contributed by atoms with Gasteiger partial charge in [-0.05, 0) is 67.9 Å². The summed E-state index contributed by atoms with van der Waals surface area (Å²) in [6.45, 7) is 6.11. The van der Waals surface area contributed by atoms with E-state index in [1.54, 1.807) is 6.21 Å². The van der Waals surface area contributed by atoms with E-state index < -0.39 is 0 Å². The molecule has 0 unspecified atom stereocenters. The molecule has 7 heteroatoms. The molecule has 0 N–H and O–H groups in total. The van der Waals surface area contributed by atoms with E-state index in [0.29, 0.717) is 11.3 Å². The molecule has 0 fully saturated rings. The Balaban J connectivity index is 3.16. The van der Waals surface area contributed by atoms with E-state index in [4.69, 9.17) is 0 Å². The first kappa shape index (κ1) is 17.6. The molecule has 0 aliphatic rings. The van der Waals surface area contributed by atoms with E-state index in [1.165, 1.54) is 0 Å². The lowest BCUT2D eigenvalue weighted by Crippen LogP contribution is -2.27. The largest absolute Gasteiger partial charge is 0.287 e. The van der Waals surface area contributed by atoms with Gasteiger partial charge in [0.15, 0.2) is 0 Å². The Morgan fingerprint density at radius 1 is 1.25 bits per heavy atom. The van der Waals surface area contributed by atoms with Gasteiger partial charge in [-0.15, -0.1) is 4.91 Å². The molecule has 1 aromatic rings. The zero-order valence-electron chi connectivity index (χ0n) is 11.4. The van der Waals surface area contributed by atoms with E-state index in [-0.39, 0.29) is 18.0 Å². The number of hydrogen-bond acceptors (Lipinski definition) is 5. The molecule has 0 heterocycles. The van der Waals surface area contributed by atoms with Gasteiger partial charge in [-0.3, -0.25) is 4.99 Å². The molecule has 20 heavy (non-hydrogen) atoms. The van der Waals surface area contributed by atoms with Crippen LogP contribution in [0.1, 0.15) is 26.3 Å². The van der Waals surface area contributed by atoms with E-state index >= 15 is 0 Å². The third kappa shape index (κ3) is 4.83. The fraction of sp³-hybridized carbons (Fsp3) is 0.462. The van der Waals surface area contributed by atoms with Crippen molar-refractivity contribution in [1.29, 1.82) is 0 Å². The molecule has 0 saturated carbocycles. The third-order valence-corrected chi connectivity index (χ3v) is 4.23. The number of halogens is 2. The van der Waals surface area contributed by atoms with Gasteiger partial charge in [0.1, 0.15) is 12.2 Å². The molecule has 108 valence electrons. The quantitative estimate of drug-likeness (QED) is 0.329. The van der Waals surface area contributed by atoms with Crippen molar-refractivity contribution in [3.8, 4) is 0 Å². The highest BCUT2D eigenvalue weighted by Gasteiger charge is 2.24. The van der Waals surface area contributed by atoms with Gasteiger partial charge in [0.05, 0.1) is 6.04 Å². The van der Waals surface area contributed by atoms with Gasteiger partial charge in [-0.1, -0.05) is 25.9 Å². The highest BCUT2D eigenvalue weighted by Crippen LogP contribution is 2.28. The van der Waals surface area contributed by atoms with Crippen LogP contribution >= 0.6 is 45.2 Å². The number of aliphatic imine (C=N–C) groups is 1. The van der Waals surface area contributed by atoms with E-state index in [2.05, 4.69) is 60.5 Å². The molecule has 0 aliphatic heterocycles. The predicted octanol–water partition coefficient (Wildman–Crippen LogP) is 4.89. The highest BCUT2D eigenvalue weighted by molar-refractivity contribution is 14.1. The molecule has 0 spiro atoms. The number of benzene rings is 1. The minimum absolute atomic E-state index is 0.116. The SMILES string of the molecule is CC(C)(C)[C@@H](CN=O)N=Cc1cc(I)cc(I)c1N=O. The van der Waals surface area contributed by atoms with Crippen molar-refractivity contribution in [2.45, 2.75) is 26.8 Å². The van der Waals surface area contributed by atoms with Crippen LogP contribution in [0.25, 0.3) is 0 Å². The third-order valence-electron chi connectivity index (χ3n) is 2.79. The topological polar surface area (TPSA) is 71.2 Å². The number of rotatable bonds is 5. The first-order valence-corrected chi connectivity index (χ1v) is 8.10. The average Bonchev–Trinajstić information content (AvgIpc) is 2.32. The summed E-state index contributed by atoms with van der Waals surface area (Å²) in [6.07, 6.45) is 1.61. The average molecular weight is 499 g/mol. The maximum atomic E-state index is 10.9.